The van der Waals surface area contributed by atoms with Gasteiger partial charge >= 0.3 is 6.09 Å². The maximum absolute atomic E-state index is 14.7. The van der Waals surface area contributed by atoms with Crippen LogP contribution < -0.4 is 15.4 Å². The third-order valence-electron chi connectivity index (χ3n) is 13.3. The largest absolute Gasteiger partial charge is 0.460 e. The highest BCUT2D eigenvalue weighted by Crippen LogP contribution is 2.60. The second-order valence-corrected chi connectivity index (χ2v) is 20.3. The molecule has 0 unspecified atom stereocenters. The molecule has 9 heteroatoms. The minimum Gasteiger partial charge on any atom is -0.460 e. The van der Waals surface area contributed by atoms with Crippen LogP contribution >= 0.6 is 15.9 Å². The molecule has 0 aromatic heterocycles. The second-order valence-electron chi connectivity index (χ2n) is 19.5. The van der Waals surface area contributed by atoms with Crippen LogP contribution in [0.25, 0.3) is 0 Å². The number of benzene rings is 2. The third kappa shape index (κ3) is 7.47. The van der Waals surface area contributed by atoms with Gasteiger partial charge in [-0.25, -0.2) is 4.79 Å². The number of imide groups is 1. The molecular formula is C45H61BrN2O6. The zero-order chi connectivity index (χ0) is 39.6. The van der Waals surface area contributed by atoms with Crippen molar-refractivity contribution < 1.29 is 28.6 Å². The Labute approximate surface area is 331 Å². The Morgan fingerprint density at radius 3 is 1.80 bits per heavy atom. The van der Waals surface area contributed by atoms with Crippen LogP contribution in [-0.2, 0) is 42.7 Å². The molecule has 2 N–H and O–H groups in total. The van der Waals surface area contributed by atoms with Crippen LogP contribution in [0.2, 0.25) is 0 Å². The summed E-state index contributed by atoms with van der Waals surface area (Å²) in [7, 11) is 0. The summed E-state index contributed by atoms with van der Waals surface area (Å²) >= 11 is 3.68. The molecule has 8 nitrogen and oxygen atoms in total. The van der Waals surface area contributed by atoms with Gasteiger partial charge in [-0.1, -0.05) is 46.6 Å². The van der Waals surface area contributed by atoms with Crippen LogP contribution in [0, 0.1) is 22.7 Å². The number of aryl methyl sites for hydroxylation is 2. The van der Waals surface area contributed by atoms with Gasteiger partial charge in [-0.2, -0.15) is 0 Å². The van der Waals surface area contributed by atoms with E-state index in [1.165, 1.54) is 16.7 Å². The van der Waals surface area contributed by atoms with Gasteiger partial charge in [-0.3, -0.25) is 20.2 Å². The maximum atomic E-state index is 14.7. The summed E-state index contributed by atoms with van der Waals surface area (Å²) in [6.07, 6.45) is 8.00. The standard InChI is InChI=1S/C45H61BrN2O6/c1-27(53-40(2,3)4)52-30-17-14-28-15-18-35-42(8,31(28)25-30)20-12-22-44(35,10)37(49)48-38(50)45(11)23-13-21-43(9)32-26-34(47-39(51)54-41(5,6)7)33(46)24-29(32)16-19-36(43)45/h14,17,24-26,35-36H,1,12-13,15-16,18-23H2,2-11H3,(H,47,51)(H,48,49,50)/t35-,36-,42-,43-,44+,45+/m1/s1. The average Bonchev–Trinajstić information content (AvgIpc) is 3.03. The number of rotatable bonds is 6. The summed E-state index contributed by atoms with van der Waals surface area (Å²) in [5.74, 6) is 0.710. The van der Waals surface area contributed by atoms with Gasteiger partial charge < -0.3 is 14.2 Å². The first-order valence-electron chi connectivity index (χ1n) is 19.9. The van der Waals surface area contributed by atoms with Gasteiger partial charge in [-0.15, -0.1) is 0 Å². The Kier molecular flexibility index (Phi) is 10.5. The van der Waals surface area contributed by atoms with Crippen molar-refractivity contribution in [2.24, 2.45) is 22.7 Å². The Bertz CT molecular complexity index is 1860. The van der Waals surface area contributed by atoms with E-state index in [2.05, 4.69) is 85.1 Å². The highest BCUT2D eigenvalue weighted by molar-refractivity contribution is 9.10. The van der Waals surface area contributed by atoms with Crippen LogP contribution in [0.1, 0.15) is 143 Å². The molecule has 0 bridgehead atoms. The molecule has 4 aliphatic carbocycles. The fourth-order valence-corrected chi connectivity index (χ4v) is 11.4. The summed E-state index contributed by atoms with van der Waals surface area (Å²) in [6.45, 7) is 24.1. The Morgan fingerprint density at radius 2 is 1.26 bits per heavy atom. The molecule has 3 amide bonds. The lowest BCUT2D eigenvalue weighted by molar-refractivity contribution is -0.150. The summed E-state index contributed by atoms with van der Waals surface area (Å²) in [4.78, 5) is 42.1. The minimum absolute atomic E-state index is 0.0241. The number of carbonyl (C=O) groups excluding carboxylic acids is 3. The van der Waals surface area contributed by atoms with Crippen molar-refractivity contribution in [2.45, 2.75) is 155 Å². The molecule has 0 aliphatic heterocycles. The number of anilines is 1. The van der Waals surface area contributed by atoms with Crippen molar-refractivity contribution in [1.82, 2.24) is 5.32 Å². The second kappa shape index (κ2) is 14.0. The molecule has 0 heterocycles. The van der Waals surface area contributed by atoms with Gasteiger partial charge in [0.1, 0.15) is 17.0 Å². The molecule has 6 rings (SSSR count). The van der Waals surface area contributed by atoms with E-state index in [9.17, 15) is 14.4 Å². The van der Waals surface area contributed by atoms with Crippen molar-refractivity contribution in [3.63, 3.8) is 0 Å². The topological polar surface area (TPSA) is 103 Å². The molecule has 54 heavy (non-hydrogen) atoms. The number of hydrogen-bond acceptors (Lipinski definition) is 6. The predicted molar refractivity (Wildman–Crippen MR) is 216 cm³/mol. The molecule has 2 aromatic carbocycles. The van der Waals surface area contributed by atoms with E-state index in [0.717, 1.165) is 74.2 Å². The quantitative estimate of drug-likeness (QED) is 0.223. The van der Waals surface area contributed by atoms with Gasteiger partial charge in [-0.05, 0) is 185 Å². The van der Waals surface area contributed by atoms with Gasteiger partial charge in [0.05, 0.1) is 16.5 Å². The first-order valence-corrected chi connectivity index (χ1v) is 20.7. The van der Waals surface area contributed by atoms with E-state index >= 15 is 0 Å². The van der Waals surface area contributed by atoms with E-state index in [1.807, 2.05) is 47.6 Å². The van der Waals surface area contributed by atoms with Crippen molar-refractivity contribution in [3.05, 3.63) is 69.6 Å². The van der Waals surface area contributed by atoms with Gasteiger partial charge in [0, 0.05) is 4.47 Å². The van der Waals surface area contributed by atoms with Crippen molar-refractivity contribution in [2.75, 3.05) is 5.32 Å². The Hall–Kier alpha value is -3.33. The van der Waals surface area contributed by atoms with Crippen molar-refractivity contribution in [3.8, 4) is 5.75 Å². The van der Waals surface area contributed by atoms with E-state index in [-0.39, 0.29) is 40.4 Å². The smallest absolute Gasteiger partial charge is 0.412 e. The van der Waals surface area contributed by atoms with Crippen molar-refractivity contribution in [1.29, 1.82) is 0 Å². The summed E-state index contributed by atoms with van der Waals surface area (Å²) in [6, 6.07) is 10.4. The van der Waals surface area contributed by atoms with Crippen LogP contribution in [-0.4, -0.2) is 29.1 Å². The van der Waals surface area contributed by atoms with Gasteiger partial charge in [0.25, 0.3) is 5.95 Å². The average molecular weight is 806 g/mol. The molecule has 294 valence electrons. The SMILES string of the molecule is C=C(Oc1ccc2c(c1)[C@@]1(C)CCC[C@](C)(C(=O)NC(=O)[C@@]3(C)CCC[C@]4(C)c5cc(NC(=O)OC(C)(C)C)c(Br)cc5CC[C@@H]34)[C@@H]1CC2)OC(C)(C)C. The number of nitrogens with one attached hydrogen (secondary N) is 2. The molecular weight excluding hydrogens is 744 g/mol. The first-order chi connectivity index (χ1) is 25.0. The molecule has 0 radical (unpaired) electrons. The molecule has 6 atom stereocenters. The highest BCUT2D eigenvalue weighted by atomic mass is 79.9. The van der Waals surface area contributed by atoms with Crippen LogP contribution in [0.5, 0.6) is 5.75 Å². The molecule has 2 saturated carbocycles. The Balaban J connectivity index is 1.23. The van der Waals surface area contributed by atoms with Crippen LogP contribution in [0.4, 0.5) is 10.5 Å². The molecule has 0 saturated heterocycles. The fourth-order valence-electron chi connectivity index (χ4n) is 10.9. The number of ether oxygens (including phenoxy) is 3. The molecule has 4 aliphatic rings. The molecule has 0 spiro atoms. The predicted octanol–water partition coefficient (Wildman–Crippen LogP) is 10.8. The zero-order valence-electron chi connectivity index (χ0n) is 34.1. The summed E-state index contributed by atoms with van der Waals surface area (Å²) in [5.41, 5.74) is 2.48. The van der Waals surface area contributed by atoms with E-state index in [1.54, 1.807) is 0 Å². The lowest BCUT2D eigenvalue weighted by Crippen LogP contribution is -2.60. The monoisotopic (exact) mass is 804 g/mol. The van der Waals surface area contributed by atoms with Gasteiger partial charge in [0.2, 0.25) is 11.8 Å². The number of hydrogen-bond donors (Lipinski definition) is 2. The van der Waals surface area contributed by atoms with E-state index in [0.29, 0.717) is 11.4 Å². The first kappa shape index (κ1) is 40.3. The van der Waals surface area contributed by atoms with Crippen LogP contribution in [0.3, 0.4) is 0 Å². The summed E-state index contributed by atoms with van der Waals surface area (Å²) in [5, 5.41) is 6.01. The van der Waals surface area contributed by atoms with E-state index in [4.69, 9.17) is 14.2 Å². The fraction of sp³-hybridized carbons (Fsp3) is 0.622. The zero-order valence-corrected chi connectivity index (χ0v) is 35.7. The molecule has 2 aromatic rings. The number of amides is 3. The van der Waals surface area contributed by atoms with Crippen molar-refractivity contribution >= 4 is 39.5 Å². The lowest BCUT2D eigenvalue weighted by atomic mass is 9.49. The number of fused-ring (bicyclic) bond motifs is 6. The van der Waals surface area contributed by atoms with Crippen LogP contribution in [0.15, 0.2) is 47.3 Å². The highest BCUT2D eigenvalue weighted by Gasteiger charge is 2.58. The number of halogens is 1. The third-order valence-corrected chi connectivity index (χ3v) is 14.0. The Morgan fingerprint density at radius 1 is 0.741 bits per heavy atom. The maximum Gasteiger partial charge on any atom is 0.412 e. The van der Waals surface area contributed by atoms with E-state index < -0.39 is 28.1 Å². The summed E-state index contributed by atoms with van der Waals surface area (Å²) < 4.78 is 18.3. The normalized spacial score (nSPS) is 30.4. The lowest BCUT2D eigenvalue weighted by Gasteiger charge is -2.56. The van der Waals surface area contributed by atoms with Gasteiger partial charge in [0.15, 0.2) is 0 Å². The number of carbonyl (C=O) groups is 3. The molecule has 2 fully saturated rings. The minimum atomic E-state index is -0.733.